The molecular weight excluding hydrogens is 232 g/mol. The number of hydrogen-bond donors (Lipinski definition) is 2. The monoisotopic (exact) mass is 250 g/mol. The van der Waals surface area contributed by atoms with E-state index in [-0.39, 0.29) is 5.97 Å². The number of carbonyl (C=O) groups is 2. The molecule has 0 fully saturated rings. The van der Waals surface area contributed by atoms with Crippen molar-refractivity contribution in [2.24, 2.45) is 5.73 Å². The Morgan fingerprint density at radius 1 is 1.28 bits per heavy atom. The van der Waals surface area contributed by atoms with E-state index in [1.807, 2.05) is 0 Å². The van der Waals surface area contributed by atoms with Crippen molar-refractivity contribution in [3.63, 3.8) is 0 Å². The van der Waals surface area contributed by atoms with E-state index >= 15 is 0 Å². The number of amides is 1. The molecule has 0 atom stereocenters. The standard InChI is InChI=1S/C13H18N2O3/c1-13(2,12(14)17)15-8-9-4-6-10(7-5-9)11(16)18-3/h4-7,15H,8H2,1-3H3,(H2,14,17). The van der Waals surface area contributed by atoms with Crippen molar-refractivity contribution in [3.8, 4) is 0 Å². The van der Waals surface area contributed by atoms with Crippen LogP contribution in [0.3, 0.4) is 0 Å². The summed E-state index contributed by atoms with van der Waals surface area (Å²) in [5.74, 6) is -0.777. The second-order valence-corrected chi connectivity index (χ2v) is 4.53. The molecule has 0 spiro atoms. The van der Waals surface area contributed by atoms with E-state index in [0.29, 0.717) is 12.1 Å². The second-order valence-electron chi connectivity index (χ2n) is 4.53. The molecule has 98 valence electrons. The highest BCUT2D eigenvalue weighted by molar-refractivity contribution is 5.89. The van der Waals surface area contributed by atoms with Gasteiger partial charge in [0.05, 0.1) is 18.2 Å². The lowest BCUT2D eigenvalue weighted by molar-refractivity contribution is -0.123. The fourth-order valence-electron chi connectivity index (χ4n) is 1.29. The van der Waals surface area contributed by atoms with Crippen LogP contribution in [-0.2, 0) is 16.1 Å². The zero-order chi connectivity index (χ0) is 13.8. The summed E-state index contributed by atoms with van der Waals surface area (Å²) in [5, 5.41) is 3.05. The number of ether oxygens (including phenoxy) is 1. The molecule has 0 aliphatic heterocycles. The lowest BCUT2D eigenvalue weighted by atomic mass is 10.0. The van der Waals surface area contributed by atoms with Gasteiger partial charge in [-0.3, -0.25) is 10.1 Å². The third-order valence-corrected chi connectivity index (χ3v) is 2.73. The number of benzene rings is 1. The van der Waals surface area contributed by atoms with Crippen LogP contribution in [0, 0.1) is 0 Å². The van der Waals surface area contributed by atoms with Gasteiger partial charge in [-0.1, -0.05) is 12.1 Å². The molecule has 0 aromatic heterocycles. The Hall–Kier alpha value is -1.88. The van der Waals surface area contributed by atoms with Crippen LogP contribution in [0.25, 0.3) is 0 Å². The van der Waals surface area contributed by atoms with Crippen molar-refractivity contribution in [2.75, 3.05) is 7.11 Å². The van der Waals surface area contributed by atoms with Crippen LogP contribution in [0.1, 0.15) is 29.8 Å². The molecule has 0 saturated carbocycles. The quantitative estimate of drug-likeness (QED) is 0.758. The van der Waals surface area contributed by atoms with Crippen LogP contribution in [0.15, 0.2) is 24.3 Å². The minimum atomic E-state index is -0.763. The lowest BCUT2D eigenvalue weighted by Gasteiger charge is -2.22. The summed E-state index contributed by atoms with van der Waals surface area (Å²) in [6.07, 6.45) is 0. The zero-order valence-corrected chi connectivity index (χ0v) is 10.8. The summed E-state index contributed by atoms with van der Waals surface area (Å²) in [4.78, 5) is 22.4. The molecule has 0 aliphatic rings. The molecule has 1 rings (SSSR count). The smallest absolute Gasteiger partial charge is 0.337 e. The number of hydrogen-bond acceptors (Lipinski definition) is 4. The Kier molecular flexibility index (Phi) is 4.44. The number of primary amides is 1. The Morgan fingerprint density at radius 3 is 2.28 bits per heavy atom. The topological polar surface area (TPSA) is 81.4 Å². The Balaban J connectivity index is 2.65. The number of methoxy groups -OCH3 is 1. The lowest BCUT2D eigenvalue weighted by Crippen LogP contribution is -2.50. The molecular formula is C13H18N2O3. The van der Waals surface area contributed by atoms with E-state index in [9.17, 15) is 9.59 Å². The minimum Gasteiger partial charge on any atom is -0.465 e. The maximum Gasteiger partial charge on any atom is 0.337 e. The maximum absolute atomic E-state index is 11.2. The van der Waals surface area contributed by atoms with Crippen molar-refractivity contribution in [2.45, 2.75) is 25.9 Å². The van der Waals surface area contributed by atoms with Gasteiger partial charge in [-0.25, -0.2) is 4.79 Å². The van der Waals surface area contributed by atoms with E-state index in [2.05, 4.69) is 10.1 Å². The zero-order valence-electron chi connectivity index (χ0n) is 10.8. The predicted octanol–water partition coefficient (Wildman–Crippen LogP) is 0.827. The third-order valence-electron chi connectivity index (χ3n) is 2.73. The number of nitrogens with two attached hydrogens (primary N) is 1. The highest BCUT2D eigenvalue weighted by Gasteiger charge is 2.23. The molecule has 0 radical (unpaired) electrons. The van der Waals surface area contributed by atoms with Gasteiger partial charge in [-0.15, -0.1) is 0 Å². The summed E-state index contributed by atoms with van der Waals surface area (Å²) in [5.41, 5.74) is 5.94. The van der Waals surface area contributed by atoms with Crippen molar-refractivity contribution >= 4 is 11.9 Å². The van der Waals surface area contributed by atoms with Crippen molar-refractivity contribution in [3.05, 3.63) is 35.4 Å². The van der Waals surface area contributed by atoms with Crippen molar-refractivity contribution < 1.29 is 14.3 Å². The first-order chi connectivity index (χ1) is 8.36. The van der Waals surface area contributed by atoms with Gasteiger partial charge in [0, 0.05) is 6.54 Å². The fraction of sp³-hybridized carbons (Fsp3) is 0.385. The Bertz CT molecular complexity index is 438. The highest BCUT2D eigenvalue weighted by Crippen LogP contribution is 2.08. The first-order valence-corrected chi connectivity index (χ1v) is 5.59. The van der Waals surface area contributed by atoms with Crippen LogP contribution < -0.4 is 11.1 Å². The molecule has 0 aliphatic carbocycles. The van der Waals surface area contributed by atoms with Crippen molar-refractivity contribution in [1.29, 1.82) is 0 Å². The number of nitrogens with one attached hydrogen (secondary N) is 1. The number of rotatable bonds is 5. The highest BCUT2D eigenvalue weighted by atomic mass is 16.5. The van der Waals surface area contributed by atoms with Crippen molar-refractivity contribution in [1.82, 2.24) is 5.32 Å². The molecule has 0 bridgehead atoms. The van der Waals surface area contributed by atoms with E-state index in [1.165, 1.54) is 7.11 Å². The molecule has 3 N–H and O–H groups in total. The summed E-state index contributed by atoms with van der Waals surface area (Å²) in [6, 6.07) is 6.97. The van der Waals surface area contributed by atoms with Gasteiger partial charge in [0.1, 0.15) is 0 Å². The second kappa shape index (κ2) is 5.64. The SMILES string of the molecule is COC(=O)c1ccc(CNC(C)(C)C(N)=O)cc1. The molecule has 0 unspecified atom stereocenters. The Morgan fingerprint density at radius 2 is 1.83 bits per heavy atom. The molecule has 0 heterocycles. The number of carbonyl (C=O) groups excluding carboxylic acids is 2. The minimum absolute atomic E-state index is 0.369. The normalized spacial score (nSPS) is 11.1. The van der Waals surface area contributed by atoms with Gasteiger partial charge in [0.25, 0.3) is 0 Å². The van der Waals surface area contributed by atoms with E-state index in [1.54, 1.807) is 38.1 Å². The average Bonchev–Trinajstić information content (AvgIpc) is 2.36. The average molecular weight is 250 g/mol. The molecule has 0 saturated heterocycles. The molecule has 1 amide bonds. The summed E-state index contributed by atoms with van der Waals surface area (Å²) < 4.78 is 4.61. The third kappa shape index (κ3) is 3.56. The first-order valence-electron chi connectivity index (χ1n) is 5.59. The predicted molar refractivity (Wildman–Crippen MR) is 67.9 cm³/mol. The molecule has 1 aromatic carbocycles. The first kappa shape index (κ1) is 14.2. The fourth-order valence-corrected chi connectivity index (χ4v) is 1.29. The largest absolute Gasteiger partial charge is 0.465 e. The number of esters is 1. The van der Waals surface area contributed by atoms with Crippen LogP contribution in [0.2, 0.25) is 0 Å². The Labute approximate surface area is 106 Å². The molecule has 5 heteroatoms. The van der Waals surface area contributed by atoms with Gasteiger partial charge in [0.2, 0.25) is 5.91 Å². The van der Waals surface area contributed by atoms with Gasteiger partial charge in [-0.2, -0.15) is 0 Å². The summed E-state index contributed by atoms with van der Waals surface area (Å²) in [6.45, 7) is 3.94. The summed E-state index contributed by atoms with van der Waals surface area (Å²) >= 11 is 0. The van der Waals surface area contributed by atoms with Crippen LogP contribution in [0.5, 0.6) is 0 Å². The van der Waals surface area contributed by atoms with Crippen LogP contribution in [-0.4, -0.2) is 24.5 Å². The van der Waals surface area contributed by atoms with E-state index in [4.69, 9.17) is 5.73 Å². The maximum atomic E-state index is 11.2. The van der Waals surface area contributed by atoms with Gasteiger partial charge >= 0.3 is 5.97 Å². The molecule has 18 heavy (non-hydrogen) atoms. The van der Waals surface area contributed by atoms with E-state index in [0.717, 1.165) is 5.56 Å². The van der Waals surface area contributed by atoms with E-state index < -0.39 is 11.4 Å². The summed E-state index contributed by atoms with van der Waals surface area (Å²) in [7, 11) is 1.34. The van der Waals surface area contributed by atoms with Gasteiger partial charge in [-0.05, 0) is 31.5 Å². The molecule has 5 nitrogen and oxygen atoms in total. The van der Waals surface area contributed by atoms with Crippen LogP contribution in [0.4, 0.5) is 0 Å². The molecule has 1 aromatic rings. The van der Waals surface area contributed by atoms with Gasteiger partial charge < -0.3 is 10.5 Å². The van der Waals surface area contributed by atoms with Gasteiger partial charge in [0.15, 0.2) is 0 Å². The van der Waals surface area contributed by atoms with Crippen LogP contribution >= 0.6 is 0 Å².